The highest BCUT2D eigenvalue weighted by Crippen LogP contribution is 2.27. The monoisotopic (exact) mass is 365 g/mol. The zero-order valence-corrected chi connectivity index (χ0v) is 12.9. The molecular formula is C10H18F7NO3S. The number of hydrogen-bond donors (Lipinski definition) is 0. The second kappa shape index (κ2) is 8.29. The van der Waals surface area contributed by atoms with E-state index in [0.29, 0.717) is 19.6 Å². The number of nitrogens with zero attached hydrogens (tertiary/aromatic N) is 1. The van der Waals surface area contributed by atoms with Crippen LogP contribution in [0, 0.1) is 0 Å². The molecule has 0 unspecified atom stereocenters. The number of rotatable bonds is 6. The maximum Gasteiger partial charge on any atom is 0.485 e. The van der Waals surface area contributed by atoms with Crippen LogP contribution in [-0.2, 0) is 10.1 Å². The maximum absolute atomic E-state index is 12.8. The van der Waals surface area contributed by atoms with Crippen LogP contribution in [-0.4, -0.2) is 61.5 Å². The van der Waals surface area contributed by atoms with Crippen molar-refractivity contribution in [3.63, 3.8) is 0 Å². The van der Waals surface area contributed by atoms with Gasteiger partial charge in [0.2, 0.25) is 0 Å². The molecule has 0 aromatic rings. The van der Waals surface area contributed by atoms with Crippen molar-refractivity contribution in [2.45, 2.75) is 38.6 Å². The Kier molecular flexibility index (Phi) is 8.91. The fraction of sp³-hybridized carbons (Fsp3) is 1.00. The largest absolute Gasteiger partial charge is 0.741 e. The minimum atomic E-state index is -6.09. The van der Waals surface area contributed by atoms with E-state index in [0.717, 1.165) is 0 Å². The van der Waals surface area contributed by atoms with Crippen molar-refractivity contribution in [3.8, 4) is 0 Å². The van der Waals surface area contributed by atoms with E-state index in [1.165, 1.54) is 0 Å². The van der Waals surface area contributed by atoms with Gasteiger partial charge in [-0.1, -0.05) is 0 Å². The summed E-state index contributed by atoms with van der Waals surface area (Å²) in [6, 6.07) is 0. The van der Waals surface area contributed by atoms with Crippen molar-refractivity contribution in [2.24, 2.45) is 0 Å². The molecule has 0 aliphatic rings. The second-order valence-corrected chi connectivity index (χ2v) is 5.78. The molecule has 12 heteroatoms. The molecule has 0 saturated carbocycles. The first-order chi connectivity index (χ1) is 9.58. The minimum Gasteiger partial charge on any atom is -0.741 e. The third-order valence-corrected chi connectivity index (χ3v) is 3.73. The van der Waals surface area contributed by atoms with Crippen molar-refractivity contribution >= 4 is 10.1 Å². The molecule has 0 fully saturated rings. The lowest BCUT2D eigenvalue weighted by molar-refractivity contribution is -0.930. The number of halogens is 7. The Morgan fingerprint density at radius 2 is 1.23 bits per heavy atom. The second-order valence-electron chi connectivity index (χ2n) is 4.41. The molecule has 4 nitrogen and oxygen atoms in total. The Labute approximate surface area is 124 Å². The smallest absolute Gasteiger partial charge is 0.485 e. The summed E-state index contributed by atoms with van der Waals surface area (Å²) in [5.41, 5.74) is -5.65. The van der Waals surface area contributed by atoms with E-state index >= 15 is 0 Å². The highest BCUT2D eigenvalue weighted by Gasteiger charge is 2.47. The molecule has 0 rings (SSSR count). The molecule has 22 heavy (non-hydrogen) atoms. The van der Waals surface area contributed by atoms with E-state index < -0.39 is 34.5 Å². The average molecular weight is 365 g/mol. The van der Waals surface area contributed by atoms with Crippen molar-refractivity contribution < 1.29 is 48.2 Å². The maximum atomic E-state index is 12.8. The van der Waals surface area contributed by atoms with E-state index in [9.17, 15) is 30.7 Å². The Hall–Kier alpha value is -0.620. The third-order valence-electron chi connectivity index (χ3n) is 3.16. The molecular weight excluding hydrogens is 347 g/mol. The fourth-order valence-electron chi connectivity index (χ4n) is 1.52. The molecule has 0 N–H and O–H groups in total. The molecule has 0 spiro atoms. The van der Waals surface area contributed by atoms with Gasteiger partial charge in [-0.15, -0.1) is 0 Å². The van der Waals surface area contributed by atoms with Crippen LogP contribution in [0.2, 0.25) is 0 Å². The van der Waals surface area contributed by atoms with Gasteiger partial charge < -0.3 is 9.04 Å². The summed E-state index contributed by atoms with van der Waals surface area (Å²) < 4.78 is 109. The number of hydrogen-bond acceptors (Lipinski definition) is 3. The molecule has 0 aromatic carbocycles. The topological polar surface area (TPSA) is 57.2 Å². The molecule has 0 aromatic heterocycles. The molecule has 0 atom stereocenters. The first-order valence-corrected chi connectivity index (χ1v) is 7.52. The Morgan fingerprint density at radius 1 is 0.955 bits per heavy atom. The van der Waals surface area contributed by atoms with Gasteiger partial charge in [0.1, 0.15) is 6.54 Å². The molecule has 0 bridgehead atoms. The lowest BCUT2D eigenvalue weighted by Crippen LogP contribution is -2.55. The summed E-state index contributed by atoms with van der Waals surface area (Å²) in [5.74, 6) is -3.87. The SMILES string of the molecule is CC[N+](CC)(CC)CC(F)(F)C(F)F.O=S(=O)([O-])C(F)(F)F. The first-order valence-electron chi connectivity index (χ1n) is 6.11. The van der Waals surface area contributed by atoms with Gasteiger partial charge in [0, 0.05) is 0 Å². The summed E-state index contributed by atoms with van der Waals surface area (Å²) >= 11 is 0. The zero-order valence-electron chi connectivity index (χ0n) is 12.1. The van der Waals surface area contributed by atoms with Crippen molar-refractivity contribution in [3.05, 3.63) is 0 Å². The van der Waals surface area contributed by atoms with E-state index in [1.807, 2.05) is 0 Å². The van der Waals surface area contributed by atoms with E-state index in [4.69, 9.17) is 13.0 Å². The number of quaternary nitrogens is 1. The minimum absolute atomic E-state index is 0.0390. The standard InChI is InChI=1S/C9H18F4N.CHF3O3S/c1-4-14(5-2,6-3)7-9(12,13)8(10)11;2-1(3,4)8(5,6)7/h8H,4-7H2,1-3H3;(H,5,6,7)/q+1;/p-1. The van der Waals surface area contributed by atoms with Gasteiger partial charge in [-0.05, 0) is 20.8 Å². The van der Waals surface area contributed by atoms with Crippen LogP contribution in [0.15, 0.2) is 0 Å². The quantitative estimate of drug-likeness (QED) is 0.315. The van der Waals surface area contributed by atoms with Crippen LogP contribution in [0.5, 0.6) is 0 Å². The summed E-state index contributed by atoms with van der Waals surface area (Å²) in [4.78, 5) is 0. The Morgan fingerprint density at radius 3 is 1.36 bits per heavy atom. The molecule has 0 aliphatic carbocycles. The van der Waals surface area contributed by atoms with Crippen molar-refractivity contribution in [1.29, 1.82) is 0 Å². The van der Waals surface area contributed by atoms with Crippen molar-refractivity contribution in [2.75, 3.05) is 26.2 Å². The van der Waals surface area contributed by atoms with Gasteiger partial charge in [-0.2, -0.15) is 22.0 Å². The molecule has 0 radical (unpaired) electrons. The van der Waals surface area contributed by atoms with Gasteiger partial charge in [0.05, 0.1) is 19.6 Å². The summed E-state index contributed by atoms with van der Waals surface area (Å²) in [6.45, 7) is 5.83. The first kappa shape index (κ1) is 23.6. The van der Waals surface area contributed by atoms with Crippen LogP contribution in [0.3, 0.4) is 0 Å². The molecule has 0 amide bonds. The van der Waals surface area contributed by atoms with Gasteiger partial charge in [-0.25, -0.2) is 17.2 Å². The highest BCUT2D eigenvalue weighted by atomic mass is 32.2. The fourth-order valence-corrected chi connectivity index (χ4v) is 1.52. The van der Waals surface area contributed by atoms with E-state index in [1.54, 1.807) is 20.8 Å². The predicted octanol–water partition coefficient (Wildman–Crippen LogP) is 2.81. The molecule has 0 aliphatic heterocycles. The summed E-state index contributed by atoms with van der Waals surface area (Å²) in [5, 5.41) is 0. The Bertz CT molecular complexity index is 410. The third kappa shape index (κ3) is 7.58. The highest BCUT2D eigenvalue weighted by molar-refractivity contribution is 7.86. The van der Waals surface area contributed by atoms with Gasteiger partial charge in [0.25, 0.3) is 0 Å². The predicted molar refractivity (Wildman–Crippen MR) is 63.5 cm³/mol. The lowest BCUT2D eigenvalue weighted by Gasteiger charge is -2.38. The number of alkyl halides is 7. The lowest BCUT2D eigenvalue weighted by atomic mass is 10.2. The van der Waals surface area contributed by atoms with Crippen LogP contribution in [0.1, 0.15) is 20.8 Å². The van der Waals surface area contributed by atoms with Crippen molar-refractivity contribution in [1.82, 2.24) is 0 Å². The van der Waals surface area contributed by atoms with E-state index in [-0.39, 0.29) is 4.48 Å². The van der Waals surface area contributed by atoms with Crippen LogP contribution in [0.25, 0.3) is 0 Å². The van der Waals surface area contributed by atoms with Crippen LogP contribution >= 0.6 is 0 Å². The zero-order chi connectivity index (χ0) is 18.4. The van der Waals surface area contributed by atoms with Gasteiger partial charge >= 0.3 is 17.9 Å². The van der Waals surface area contributed by atoms with E-state index in [2.05, 4.69) is 0 Å². The normalized spacial score (nSPS) is 13.8. The average Bonchev–Trinajstić information content (AvgIpc) is 2.34. The Balaban J connectivity index is 0. The van der Waals surface area contributed by atoms with Gasteiger partial charge in [-0.3, -0.25) is 0 Å². The molecule has 0 saturated heterocycles. The van der Waals surface area contributed by atoms with Gasteiger partial charge in [0.15, 0.2) is 10.1 Å². The molecule has 0 heterocycles. The van der Waals surface area contributed by atoms with Crippen LogP contribution in [0.4, 0.5) is 30.7 Å². The summed E-state index contributed by atoms with van der Waals surface area (Å²) in [7, 11) is -6.09. The molecule has 136 valence electrons. The summed E-state index contributed by atoms with van der Waals surface area (Å²) in [6.07, 6.45) is -3.57. The van der Waals surface area contributed by atoms with Crippen LogP contribution < -0.4 is 0 Å².